The predicted octanol–water partition coefficient (Wildman–Crippen LogP) is 2.50. The van der Waals surface area contributed by atoms with E-state index in [2.05, 4.69) is 21.4 Å². The number of anilines is 2. The van der Waals surface area contributed by atoms with E-state index in [1.807, 2.05) is 32.0 Å². The first-order valence-electron chi connectivity index (χ1n) is 7.13. The molecule has 21 heavy (non-hydrogen) atoms. The molecule has 5 nitrogen and oxygen atoms in total. The van der Waals surface area contributed by atoms with Crippen molar-refractivity contribution in [2.45, 2.75) is 26.3 Å². The van der Waals surface area contributed by atoms with Gasteiger partial charge in [-0.2, -0.15) is 0 Å². The minimum atomic E-state index is -0.0453. The van der Waals surface area contributed by atoms with Crippen molar-refractivity contribution >= 4 is 17.5 Å². The van der Waals surface area contributed by atoms with E-state index in [0.717, 1.165) is 12.1 Å². The van der Waals surface area contributed by atoms with Crippen LogP contribution in [-0.2, 0) is 6.42 Å². The molecular formula is C16H18N4O. The third-order valence-electron chi connectivity index (χ3n) is 3.45. The number of amides is 1. The van der Waals surface area contributed by atoms with E-state index >= 15 is 0 Å². The quantitative estimate of drug-likeness (QED) is 0.939. The Morgan fingerprint density at radius 3 is 2.67 bits per heavy atom. The van der Waals surface area contributed by atoms with Gasteiger partial charge in [-0.3, -0.25) is 4.79 Å². The summed E-state index contributed by atoms with van der Waals surface area (Å²) in [6.45, 7) is 4.75. The molecule has 108 valence electrons. The maximum Gasteiger partial charge on any atom is 0.261 e. The summed E-state index contributed by atoms with van der Waals surface area (Å²) in [6.07, 6.45) is 4.07. The van der Waals surface area contributed by atoms with Crippen LogP contribution in [0.4, 0.5) is 11.6 Å². The van der Waals surface area contributed by atoms with Gasteiger partial charge in [-0.05, 0) is 31.9 Å². The topological polar surface area (TPSA) is 58.1 Å². The van der Waals surface area contributed by atoms with Crippen molar-refractivity contribution in [1.29, 1.82) is 0 Å². The van der Waals surface area contributed by atoms with Gasteiger partial charge in [0.05, 0.1) is 5.56 Å². The molecule has 0 atom stereocenters. The molecule has 0 radical (unpaired) electrons. The fourth-order valence-electron chi connectivity index (χ4n) is 2.48. The van der Waals surface area contributed by atoms with Crippen LogP contribution in [0.1, 0.15) is 29.8 Å². The molecule has 2 aromatic rings. The average Bonchev–Trinajstić information content (AvgIpc) is 2.90. The first kappa shape index (κ1) is 13.5. The van der Waals surface area contributed by atoms with Gasteiger partial charge in [-0.25, -0.2) is 9.97 Å². The van der Waals surface area contributed by atoms with Crippen LogP contribution >= 0.6 is 0 Å². The highest BCUT2D eigenvalue weighted by Gasteiger charge is 2.25. The first-order valence-corrected chi connectivity index (χ1v) is 7.13. The second-order valence-corrected chi connectivity index (χ2v) is 5.43. The lowest BCUT2D eigenvalue weighted by Gasteiger charge is -2.17. The molecule has 0 saturated heterocycles. The lowest BCUT2D eigenvalue weighted by atomic mass is 10.2. The van der Waals surface area contributed by atoms with Crippen LogP contribution in [-0.4, -0.2) is 28.5 Å². The van der Waals surface area contributed by atoms with Gasteiger partial charge in [0, 0.05) is 30.7 Å². The van der Waals surface area contributed by atoms with Gasteiger partial charge in [0.1, 0.15) is 0 Å². The van der Waals surface area contributed by atoms with Crippen LogP contribution in [0.3, 0.4) is 0 Å². The number of nitrogens with zero attached hydrogens (tertiary/aromatic N) is 3. The Kier molecular flexibility index (Phi) is 3.56. The van der Waals surface area contributed by atoms with E-state index in [1.54, 1.807) is 17.3 Å². The maximum absolute atomic E-state index is 12.6. The molecule has 0 bridgehead atoms. The van der Waals surface area contributed by atoms with Crippen LogP contribution in [0.5, 0.6) is 0 Å². The molecule has 1 N–H and O–H groups in total. The zero-order valence-electron chi connectivity index (χ0n) is 12.2. The molecule has 3 rings (SSSR count). The van der Waals surface area contributed by atoms with Gasteiger partial charge in [0.2, 0.25) is 5.95 Å². The summed E-state index contributed by atoms with van der Waals surface area (Å²) < 4.78 is 0. The summed E-state index contributed by atoms with van der Waals surface area (Å²) in [7, 11) is 0. The number of benzene rings is 1. The number of rotatable bonds is 3. The lowest BCUT2D eigenvalue weighted by molar-refractivity contribution is 0.0988. The lowest BCUT2D eigenvalue weighted by Crippen LogP contribution is -2.29. The highest BCUT2D eigenvalue weighted by atomic mass is 16.2. The summed E-state index contributed by atoms with van der Waals surface area (Å²) in [5.74, 6) is 0.499. The Hall–Kier alpha value is -2.43. The number of carbonyl (C=O) groups excluding carboxylic acids is 1. The van der Waals surface area contributed by atoms with Gasteiger partial charge in [-0.1, -0.05) is 18.2 Å². The zero-order chi connectivity index (χ0) is 14.8. The minimum absolute atomic E-state index is 0.0453. The normalized spacial score (nSPS) is 13.4. The van der Waals surface area contributed by atoms with Crippen LogP contribution in [0, 0.1) is 0 Å². The molecule has 1 aliphatic heterocycles. The number of hydrogen-bond donors (Lipinski definition) is 1. The van der Waals surface area contributed by atoms with Crippen molar-refractivity contribution in [3.05, 3.63) is 47.8 Å². The average molecular weight is 282 g/mol. The van der Waals surface area contributed by atoms with Crippen molar-refractivity contribution < 1.29 is 4.79 Å². The van der Waals surface area contributed by atoms with Gasteiger partial charge in [0.25, 0.3) is 5.91 Å². The van der Waals surface area contributed by atoms with E-state index in [-0.39, 0.29) is 11.9 Å². The maximum atomic E-state index is 12.6. The summed E-state index contributed by atoms with van der Waals surface area (Å²) in [5.41, 5.74) is 2.72. The molecule has 1 amide bonds. The molecule has 1 aliphatic rings. The SMILES string of the molecule is CC(C)Nc1ncc(C(=O)N2CCc3ccccc32)cn1. The first-order chi connectivity index (χ1) is 10.1. The van der Waals surface area contributed by atoms with E-state index in [0.29, 0.717) is 18.1 Å². The highest BCUT2D eigenvalue weighted by Crippen LogP contribution is 2.28. The summed E-state index contributed by atoms with van der Waals surface area (Å²) in [4.78, 5) is 22.8. The zero-order valence-corrected chi connectivity index (χ0v) is 12.2. The highest BCUT2D eigenvalue weighted by molar-refractivity contribution is 6.06. The largest absolute Gasteiger partial charge is 0.352 e. The fraction of sp³-hybridized carbons (Fsp3) is 0.312. The van der Waals surface area contributed by atoms with Gasteiger partial charge >= 0.3 is 0 Å². The molecule has 0 saturated carbocycles. The van der Waals surface area contributed by atoms with Crippen molar-refractivity contribution in [1.82, 2.24) is 9.97 Å². The number of hydrogen-bond acceptors (Lipinski definition) is 4. The molecule has 0 aliphatic carbocycles. The van der Waals surface area contributed by atoms with E-state index in [9.17, 15) is 4.79 Å². The third-order valence-corrected chi connectivity index (χ3v) is 3.45. The predicted molar refractivity (Wildman–Crippen MR) is 82.6 cm³/mol. The summed E-state index contributed by atoms with van der Waals surface area (Å²) in [5, 5.41) is 3.11. The molecule has 5 heteroatoms. The number of aromatic nitrogens is 2. The minimum Gasteiger partial charge on any atom is -0.352 e. The Bertz CT molecular complexity index is 652. The Balaban J connectivity index is 1.80. The van der Waals surface area contributed by atoms with Crippen LogP contribution < -0.4 is 10.2 Å². The van der Waals surface area contributed by atoms with Crippen molar-refractivity contribution in [3.63, 3.8) is 0 Å². The standard InChI is InChI=1S/C16H18N4O/c1-11(2)19-16-17-9-13(10-18-16)15(21)20-8-7-12-5-3-4-6-14(12)20/h3-6,9-11H,7-8H2,1-2H3,(H,17,18,19). The fourth-order valence-corrected chi connectivity index (χ4v) is 2.48. The van der Waals surface area contributed by atoms with Crippen molar-refractivity contribution in [3.8, 4) is 0 Å². The number of carbonyl (C=O) groups is 1. The molecule has 2 heterocycles. The third kappa shape index (κ3) is 2.72. The summed E-state index contributed by atoms with van der Waals surface area (Å²) in [6, 6.07) is 8.26. The number of para-hydroxylation sites is 1. The second-order valence-electron chi connectivity index (χ2n) is 5.43. The van der Waals surface area contributed by atoms with Gasteiger partial charge < -0.3 is 10.2 Å². The molecular weight excluding hydrogens is 264 g/mol. The van der Waals surface area contributed by atoms with E-state index < -0.39 is 0 Å². The Labute approximate surface area is 124 Å². The van der Waals surface area contributed by atoms with Crippen LogP contribution in [0.15, 0.2) is 36.7 Å². The van der Waals surface area contributed by atoms with E-state index in [1.165, 1.54) is 5.56 Å². The van der Waals surface area contributed by atoms with E-state index in [4.69, 9.17) is 0 Å². The molecule has 1 aromatic carbocycles. The molecule has 0 unspecified atom stereocenters. The number of fused-ring (bicyclic) bond motifs is 1. The van der Waals surface area contributed by atoms with Gasteiger partial charge in [0.15, 0.2) is 0 Å². The smallest absolute Gasteiger partial charge is 0.261 e. The van der Waals surface area contributed by atoms with Crippen molar-refractivity contribution in [2.24, 2.45) is 0 Å². The molecule has 0 spiro atoms. The van der Waals surface area contributed by atoms with Gasteiger partial charge in [-0.15, -0.1) is 0 Å². The monoisotopic (exact) mass is 282 g/mol. The molecule has 0 fully saturated rings. The Morgan fingerprint density at radius 1 is 1.24 bits per heavy atom. The van der Waals surface area contributed by atoms with Crippen molar-refractivity contribution in [2.75, 3.05) is 16.8 Å². The van der Waals surface area contributed by atoms with Crippen LogP contribution in [0.2, 0.25) is 0 Å². The summed E-state index contributed by atoms with van der Waals surface area (Å²) >= 11 is 0. The van der Waals surface area contributed by atoms with Crippen LogP contribution in [0.25, 0.3) is 0 Å². The Morgan fingerprint density at radius 2 is 1.95 bits per heavy atom. The second kappa shape index (κ2) is 5.52. The number of nitrogens with one attached hydrogen (secondary N) is 1. The molecule has 1 aromatic heterocycles.